The SMILES string of the molecule is Cc1cccc(-n2c(C)cc(/C=C(/C#N)C(=O)Nc3cccc(Cl)c3C)c2C)c1. The molecule has 1 aromatic heterocycles. The van der Waals surface area contributed by atoms with E-state index in [9.17, 15) is 10.1 Å². The van der Waals surface area contributed by atoms with Gasteiger partial charge >= 0.3 is 0 Å². The van der Waals surface area contributed by atoms with Crippen molar-refractivity contribution in [1.82, 2.24) is 4.57 Å². The van der Waals surface area contributed by atoms with E-state index in [0.29, 0.717) is 10.7 Å². The van der Waals surface area contributed by atoms with Crippen LogP contribution >= 0.6 is 11.6 Å². The molecule has 5 heteroatoms. The van der Waals surface area contributed by atoms with Crippen LogP contribution in [-0.2, 0) is 4.79 Å². The number of aryl methyl sites for hydroxylation is 2. The summed E-state index contributed by atoms with van der Waals surface area (Å²) in [7, 11) is 0. The van der Waals surface area contributed by atoms with Crippen LogP contribution < -0.4 is 5.32 Å². The molecule has 0 fully saturated rings. The van der Waals surface area contributed by atoms with Gasteiger partial charge in [-0.2, -0.15) is 5.26 Å². The standard InChI is InChI=1S/C24H22ClN3O/c1-15-7-5-8-21(11-15)28-16(2)12-19(18(28)4)13-20(14-26)24(29)27-23-10-6-9-22(25)17(23)3/h5-13H,1-4H3,(H,27,29)/b20-13-. The first kappa shape index (κ1) is 20.4. The molecule has 0 aliphatic rings. The maximum atomic E-state index is 12.7. The Morgan fingerprint density at radius 2 is 1.83 bits per heavy atom. The maximum Gasteiger partial charge on any atom is 0.266 e. The third-order valence-corrected chi connectivity index (χ3v) is 5.32. The van der Waals surface area contributed by atoms with Crippen LogP contribution in [0.2, 0.25) is 5.02 Å². The summed E-state index contributed by atoms with van der Waals surface area (Å²) < 4.78 is 2.12. The van der Waals surface area contributed by atoms with Gasteiger partial charge in [0, 0.05) is 27.8 Å². The molecule has 0 spiro atoms. The molecule has 3 aromatic rings. The molecule has 1 amide bonds. The third-order valence-electron chi connectivity index (χ3n) is 4.91. The Hall–Kier alpha value is -3.29. The lowest BCUT2D eigenvalue weighted by atomic mass is 10.1. The Bertz CT molecular complexity index is 1170. The van der Waals surface area contributed by atoms with Gasteiger partial charge in [-0.25, -0.2) is 0 Å². The molecule has 1 heterocycles. The fourth-order valence-corrected chi connectivity index (χ4v) is 3.51. The van der Waals surface area contributed by atoms with Gasteiger partial charge in [-0.05, 0) is 80.8 Å². The lowest BCUT2D eigenvalue weighted by molar-refractivity contribution is -0.112. The highest BCUT2D eigenvalue weighted by Crippen LogP contribution is 2.25. The number of nitriles is 1. The van der Waals surface area contributed by atoms with Crippen LogP contribution in [-0.4, -0.2) is 10.5 Å². The number of amides is 1. The second kappa shape index (κ2) is 8.38. The summed E-state index contributed by atoms with van der Waals surface area (Å²) in [6.07, 6.45) is 1.63. The van der Waals surface area contributed by atoms with E-state index in [1.165, 1.54) is 5.56 Å². The van der Waals surface area contributed by atoms with E-state index in [1.54, 1.807) is 24.3 Å². The zero-order chi connectivity index (χ0) is 21.1. The number of hydrogen-bond donors (Lipinski definition) is 1. The monoisotopic (exact) mass is 403 g/mol. The van der Waals surface area contributed by atoms with E-state index in [4.69, 9.17) is 11.6 Å². The smallest absolute Gasteiger partial charge is 0.266 e. The summed E-state index contributed by atoms with van der Waals surface area (Å²) in [6.45, 7) is 7.86. The molecule has 0 unspecified atom stereocenters. The molecular weight excluding hydrogens is 382 g/mol. The Balaban J connectivity index is 1.96. The summed E-state index contributed by atoms with van der Waals surface area (Å²) in [5.74, 6) is -0.460. The molecule has 2 aromatic carbocycles. The average Bonchev–Trinajstić information content (AvgIpc) is 2.96. The molecule has 0 radical (unpaired) electrons. The number of halogens is 1. The van der Waals surface area contributed by atoms with Crippen molar-refractivity contribution in [1.29, 1.82) is 5.26 Å². The van der Waals surface area contributed by atoms with Crippen molar-refractivity contribution in [3.8, 4) is 11.8 Å². The van der Waals surface area contributed by atoms with E-state index in [0.717, 1.165) is 28.2 Å². The molecule has 1 N–H and O–H groups in total. The second-order valence-corrected chi connectivity index (χ2v) is 7.44. The Labute approximate surface area is 176 Å². The van der Waals surface area contributed by atoms with Crippen LogP contribution in [0.4, 0.5) is 5.69 Å². The molecule has 29 heavy (non-hydrogen) atoms. The lowest BCUT2D eigenvalue weighted by Gasteiger charge is -2.10. The van der Waals surface area contributed by atoms with Crippen molar-refractivity contribution in [2.45, 2.75) is 27.7 Å². The summed E-state index contributed by atoms with van der Waals surface area (Å²) in [4.78, 5) is 12.7. The number of anilines is 1. The van der Waals surface area contributed by atoms with Crippen LogP contribution in [0.15, 0.2) is 54.1 Å². The number of benzene rings is 2. The van der Waals surface area contributed by atoms with Crippen molar-refractivity contribution < 1.29 is 4.79 Å². The summed E-state index contributed by atoms with van der Waals surface area (Å²) >= 11 is 6.12. The number of rotatable bonds is 4. The quantitative estimate of drug-likeness (QED) is 0.434. The van der Waals surface area contributed by atoms with E-state index in [1.807, 2.05) is 45.0 Å². The molecular formula is C24H22ClN3O. The fourth-order valence-electron chi connectivity index (χ4n) is 3.33. The van der Waals surface area contributed by atoms with E-state index in [2.05, 4.69) is 28.9 Å². The van der Waals surface area contributed by atoms with Crippen molar-refractivity contribution in [2.75, 3.05) is 5.32 Å². The van der Waals surface area contributed by atoms with Gasteiger partial charge in [-0.15, -0.1) is 0 Å². The molecule has 146 valence electrons. The Kier molecular flexibility index (Phi) is 5.91. The molecule has 4 nitrogen and oxygen atoms in total. The second-order valence-electron chi connectivity index (χ2n) is 7.04. The first-order chi connectivity index (χ1) is 13.8. The van der Waals surface area contributed by atoms with Crippen molar-refractivity contribution in [2.24, 2.45) is 0 Å². The van der Waals surface area contributed by atoms with E-state index < -0.39 is 5.91 Å². The van der Waals surface area contributed by atoms with Gasteiger partial charge in [-0.3, -0.25) is 4.79 Å². The van der Waals surface area contributed by atoms with Gasteiger partial charge in [0.15, 0.2) is 0 Å². The predicted molar refractivity (Wildman–Crippen MR) is 118 cm³/mol. The zero-order valence-electron chi connectivity index (χ0n) is 16.9. The number of aromatic nitrogens is 1. The molecule has 0 atom stereocenters. The highest BCUT2D eigenvalue weighted by Gasteiger charge is 2.15. The minimum atomic E-state index is -0.460. The van der Waals surface area contributed by atoms with E-state index >= 15 is 0 Å². The summed E-state index contributed by atoms with van der Waals surface area (Å²) in [6, 6.07) is 17.5. The molecule has 0 saturated carbocycles. The zero-order valence-corrected chi connectivity index (χ0v) is 17.6. The summed E-state index contributed by atoms with van der Waals surface area (Å²) in [5.41, 5.74) is 6.44. The van der Waals surface area contributed by atoms with Crippen LogP contribution in [0.25, 0.3) is 11.8 Å². The van der Waals surface area contributed by atoms with E-state index in [-0.39, 0.29) is 5.57 Å². The van der Waals surface area contributed by atoms with Crippen LogP contribution in [0.3, 0.4) is 0 Å². The predicted octanol–water partition coefficient (Wildman–Crippen LogP) is 5.91. The molecule has 3 rings (SSSR count). The minimum absolute atomic E-state index is 0.0360. The van der Waals surface area contributed by atoms with Gasteiger partial charge < -0.3 is 9.88 Å². The maximum absolute atomic E-state index is 12.7. The van der Waals surface area contributed by atoms with Gasteiger partial charge in [0.2, 0.25) is 0 Å². The van der Waals surface area contributed by atoms with Crippen LogP contribution in [0.5, 0.6) is 0 Å². The normalized spacial score (nSPS) is 11.2. The van der Waals surface area contributed by atoms with Gasteiger partial charge in [0.1, 0.15) is 11.6 Å². The summed E-state index contributed by atoms with van der Waals surface area (Å²) in [5, 5.41) is 12.9. The first-order valence-corrected chi connectivity index (χ1v) is 9.64. The number of carbonyl (C=O) groups excluding carboxylic acids is 1. The third kappa shape index (κ3) is 4.26. The minimum Gasteiger partial charge on any atom is -0.321 e. The number of hydrogen-bond acceptors (Lipinski definition) is 2. The Morgan fingerprint density at radius 3 is 2.52 bits per heavy atom. The van der Waals surface area contributed by atoms with Gasteiger partial charge in [-0.1, -0.05) is 29.8 Å². The fraction of sp³-hybridized carbons (Fsp3) is 0.167. The number of carbonyl (C=O) groups is 1. The molecule has 0 aliphatic carbocycles. The van der Waals surface area contributed by atoms with Crippen molar-refractivity contribution in [3.63, 3.8) is 0 Å². The largest absolute Gasteiger partial charge is 0.321 e. The van der Waals surface area contributed by atoms with Gasteiger partial charge in [0.05, 0.1) is 0 Å². The van der Waals surface area contributed by atoms with Crippen LogP contribution in [0, 0.1) is 39.0 Å². The highest BCUT2D eigenvalue weighted by molar-refractivity contribution is 6.31. The molecule has 0 bridgehead atoms. The number of nitrogens with zero attached hydrogens (tertiary/aromatic N) is 2. The van der Waals surface area contributed by atoms with Crippen molar-refractivity contribution in [3.05, 3.63) is 87.2 Å². The molecule has 0 saturated heterocycles. The van der Waals surface area contributed by atoms with Crippen molar-refractivity contribution >= 4 is 29.3 Å². The number of nitrogens with one attached hydrogen (secondary N) is 1. The topological polar surface area (TPSA) is 57.8 Å². The average molecular weight is 404 g/mol. The Morgan fingerprint density at radius 1 is 1.10 bits per heavy atom. The van der Waals surface area contributed by atoms with Crippen LogP contribution in [0.1, 0.15) is 28.1 Å². The molecule has 0 aliphatic heterocycles. The highest BCUT2D eigenvalue weighted by atomic mass is 35.5. The lowest BCUT2D eigenvalue weighted by Crippen LogP contribution is -2.14. The van der Waals surface area contributed by atoms with Gasteiger partial charge in [0.25, 0.3) is 5.91 Å². The first-order valence-electron chi connectivity index (χ1n) is 9.26.